The normalized spacial score (nSPS) is 21.2. The molecular weight excluding hydrogens is 312 g/mol. The number of nitrogens with one attached hydrogen (secondary N) is 1. The van der Waals surface area contributed by atoms with Gasteiger partial charge in [0.05, 0.1) is 15.5 Å². The fourth-order valence-corrected chi connectivity index (χ4v) is 3.95. The van der Waals surface area contributed by atoms with Gasteiger partial charge in [0.15, 0.2) is 0 Å². The molecule has 0 aliphatic heterocycles. The molecule has 1 aromatic rings. The van der Waals surface area contributed by atoms with E-state index in [0.29, 0.717) is 5.25 Å². The first kappa shape index (κ1) is 16.1. The summed E-state index contributed by atoms with van der Waals surface area (Å²) >= 11 is 7.83. The number of rotatable bonds is 5. The summed E-state index contributed by atoms with van der Waals surface area (Å²) in [5.74, 6) is 0.673. The van der Waals surface area contributed by atoms with Gasteiger partial charge in [-0.05, 0) is 24.7 Å². The molecular formula is C14H17ClN2O3S. The molecule has 0 heterocycles. The Kier molecular flexibility index (Phi) is 5.47. The topological polar surface area (TPSA) is 72.2 Å². The third kappa shape index (κ3) is 3.89. The largest absolute Gasteiger partial charge is 0.348 e. The number of hydrogen-bond acceptors (Lipinski definition) is 4. The lowest BCUT2D eigenvalue weighted by atomic mass is 10.1. The summed E-state index contributed by atoms with van der Waals surface area (Å²) in [7, 11) is 0. The van der Waals surface area contributed by atoms with E-state index in [2.05, 4.69) is 12.2 Å². The van der Waals surface area contributed by atoms with Gasteiger partial charge in [0.1, 0.15) is 0 Å². The van der Waals surface area contributed by atoms with Crippen molar-refractivity contribution in [3.05, 3.63) is 38.9 Å². The van der Waals surface area contributed by atoms with Crippen molar-refractivity contribution in [3.8, 4) is 0 Å². The van der Waals surface area contributed by atoms with Crippen LogP contribution < -0.4 is 5.32 Å². The monoisotopic (exact) mass is 328 g/mol. The molecule has 0 spiro atoms. The lowest BCUT2D eigenvalue weighted by molar-refractivity contribution is -0.384. The molecule has 5 nitrogen and oxygen atoms in total. The van der Waals surface area contributed by atoms with Crippen molar-refractivity contribution in [3.63, 3.8) is 0 Å². The second kappa shape index (κ2) is 7.13. The number of nitro groups is 1. The van der Waals surface area contributed by atoms with Crippen LogP contribution in [0.1, 0.15) is 36.5 Å². The smallest absolute Gasteiger partial charge is 0.270 e. The zero-order valence-electron chi connectivity index (χ0n) is 11.7. The molecule has 1 aliphatic rings. The summed E-state index contributed by atoms with van der Waals surface area (Å²) < 4.78 is 0. The van der Waals surface area contributed by atoms with Crippen molar-refractivity contribution in [2.45, 2.75) is 37.5 Å². The van der Waals surface area contributed by atoms with Crippen molar-refractivity contribution in [1.82, 2.24) is 5.32 Å². The van der Waals surface area contributed by atoms with E-state index in [1.165, 1.54) is 18.2 Å². The molecule has 1 aromatic carbocycles. The number of non-ortho nitro benzene ring substituents is 1. The summed E-state index contributed by atoms with van der Waals surface area (Å²) in [5.41, 5.74) is 0.0356. The van der Waals surface area contributed by atoms with E-state index in [9.17, 15) is 14.9 Å². The maximum atomic E-state index is 12.3. The van der Waals surface area contributed by atoms with Crippen LogP contribution in [0.15, 0.2) is 18.2 Å². The molecule has 0 bridgehead atoms. The highest BCUT2D eigenvalue weighted by Crippen LogP contribution is 2.30. The van der Waals surface area contributed by atoms with Crippen LogP contribution in [-0.4, -0.2) is 27.9 Å². The van der Waals surface area contributed by atoms with Crippen LogP contribution in [0.4, 0.5) is 5.69 Å². The third-order valence-electron chi connectivity index (χ3n) is 3.56. The van der Waals surface area contributed by atoms with E-state index in [0.717, 1.165) is 25.0 Å². The van der Waals surface area contributed by atoms with Crippen molar-refractivity contribution in [2.24, 2.45) is 0 Å². The van der Waals surface area contributed by atoms with Gasteiger partial charge in [0, 0.05) is 23.4 Å². The summed E-state index contributed by atoms with van der Waals surface area (Å²) in [6.45, 7) is 2.10. The van der Waals surface area contributed by atoms with Crippen LogP contribution in [0.3, 0.4) is 0 Å². The minimum absolute atomic E-state index is 0.109. The van der Waals surface area contributed by atoms with E-state index in [1.54, 1.807) is 0 Å². The Balaban J connectivity index is 2.13. The quantitative estimate of drug-likeness (QED) is 0.661. The highest BCUT2D eigenvalue weighted by molar-refractivity contribution is 7.99. The molecule has 0 aromatic heterocycles. The van der Waals surface area contributed by atoms with Crippen LogP contribution >= 0.6 is 23.4 Å². The minimum atomic E-state index is -0.529. The molecule has 1 saturated carbocycles. The summed E-state index contributed by atoms with van der Waals surface area (Å²) in [5, 5.41) is 14.4. The molecule has 2 rings (SSSR count). The van der Waals surface area contributed by atoms with Gasteiger partial charge in [0.25, 0.3) is 11.6 Å². The lowest BCUT2D eigenvalue weighted by Gasteiger charge is -2.20. The Morgan fingerprint density at radius 2 is 2.29 bits per heavy atom. The van der Waals surface area contributed by atoms with E-state index in [-0.39, 0.29) is 28.2 Å². The van der Waals surface area contributed by atoms with E-state index < -0.39 is 4.92 Å². The molecule has 21 heavy (non-hydrogen) atoms. The Labute approximate surface area is 132 Å². The lowest BCUT2D eigenvalue weighted by Crippen LogP contribution is -2.38. The minimum Gasteiger partial charge on any atom is -0.348 e. The Bertz CT molecular complexity index is 553. The molecule has 1 fully saturated rings. The Hall–Kier alpha value is -1.27. The highest BCUT2D eigenvalue weighted by Gasteiger charge is 2.29. The van der Waals surface area contributed by atoms with Crippen molar-refractivity contribution in [1.29, 1.82) is 0 Å². The van der Waals surface area contributed by atoms with Gasteiger partial charge in [-0.15, -0.1) is 0 Å². The Morgan fingerprint density at radius 1 is 1.52 bits per heavy atom. The number of nitro benzene ring substituents is 1. The average Bonchev–Trinajstić information content (AvgIpc) is 2.86. The number of carbonyl (C=O) groups is 1. The molecule has 1 aliphatic carbocycles. The number of halogens is 1. The molecule has 2 atom stereocenters. The highest BCUT2D eigenvalue weighted by atomic mass is 35.5. The molecule has 0 saturated heterocycles. The second-order valence-corrected chi connectivity index (χ2v) is 6.85. The number of amides is 1. The van der Waals surface area contributed by atoms with Crippen molar-refractivity contribution >= 4 is 35.0 Å². The summed E-state index contributed by atoms with van der Waals surface area (Å²) in [6.07, 6.45) is 3.12. The SMILES string of the molecule is CCSC1CCCC1NC(=O)c1cc([N+](=O)[O-])ccc1Cl. The predicted octanol–water partition coefficient (Wildman–Crippen LogP) is 3.65. The molecule has 2 unspecified atom stereocenters. The van der Waals surface area contributed by atoms with Gasteiger partial charge < -0.3 is 5.32 Å². The van der Waals surface area contributed by atoms with Gasteiger partial charge >= 0.3 is 0 Å². The standard InChI is InChI=1S/C14H17ClN2O3S/c1-2-21-13-5-3-4-12(13)16-14(18)10-8-9(17(19)20)6-7-11(10)15/h6-8,12-13H,2-5H2,1H3,(H,16,18). The van der Waals surface area contributed by atoms with Gasteiger partial charge in [-0.2, -0.15) is 11.8 Å². The van der Waals surface area contributed by atoms with Crippen molar-refractivity contribution in [2.75, 3.05) is 5.75 Å². The van der Waals surface area contributed by atoms with Crippen molar-refractivity contribution < 1.29 is 9.72 Å². The molecule has 1 amide bonds. The molecule has 1 N–H and O–H groups in total. The number of nitrogens with zero attached hydrogens (tertiary/aromatic N) is 1. The Morgan fingerprint density at radius 3 is 2.95 bits per heavy atom. The average molecular weight is 329 g/mol. The molecule has 114 valence electrons. The first-order valence-corrected chi connectivity index (χ1v) is 8.32. The number of benzene rings is 1. The fraction of sp³-hybridized carbons (Fsp3) is 0.500. The second-order valence-electron chi connectivity index (χ2n) is 4.93. The zero-order valence-corrected chi connectivity index (χ0v) is 13.2. The van der Waals surface area contributed by atoms with Crippen LogP contribution in [0.25, 0.3) is 0 Å². The number of carbonyl (C=O) groups excluding carboxylic acids is 1. The van der Waals surface area contributed by atoms with Gasteiger partial charge in [-0.3, -0.25) is 14.9 Å². The first-order chi connectivity index (χ1) is 10.0. The zero-order chi connectivity index (χ0) is 15.4. The van der Waals surface area contributed by atoms with Crippen LogP contribution in [0, 0.1) is 10.1 Å². The molecule has 7 heteroatoms. The summed E-state index contributed by atoms with van der Waals surface area (Å²) in [6, 6.07) is 4.03. The van der Waals surface area contributed by atoms with E-state index >= 15 is 0 Å². The van der Waals surface area contributed by atoms with Gasteiger partial charge in [0.2, 0.25) is 0 Å². The number of hydrogen-bond donors (Lipinski definition) is 1. The predicted molar refractivity (Wildman–Crippen MR) is 85.1 cm³/mol. The third-order valence-corrected chi connectivity index (χ3v) is 5.21. The van der Waals surface area contributed by atoms with Gasteiger partial charge in [-0.25, -0.2) is 0 Å². The maximum Gasteiger partial charge on any atom is 0.270 e. The van der Waals surface area contributed by atoms with E-state index in [1.807, 2.05) is 11.8 Å². The van der Waals surface area contributed by atoms with Gasteiger partial charge in [-0.1, -0.05) is 24.9 Å². The van der Waals surface area contributed by atoms with E-state index in [4.69, 9.17) is 11.6 Å². The molecule has 0 radical (unpaired) electrons. The number of thioether (sulfide) groups is 1. The fourth-order valence-electron chi connectivity index (χ4n) is 2.55. The first-order valence-electron chi connectivity index (χ1n) is 6.89. The maximum absolute atomic E-state index is 12.3. The van der Waals surface area contributed by atoms with Crippen LogP contribution in [-0.2, 0) is 0 Å². The summed E-state index contributed by atoms with van der Waals surface area (Å²) in [4.78, 5) is 22.6. The van der Waals surface area contributed by atoms with Crippen LogP contribution in [0.5, 0.6) is 0 Å². The van der Waals surface area contributed by atoms with Crippen LogP contribution in [0.2, 0.25) is 5.02 Å².